The summed E-state index contributed by atoms with van der Waals surface area (Å²) < 4.78 is 0. The number of hydrogen-bond acceptors (Lipinski definition) is 2. The molecule has 0 bridgehead atoms. The van der Waals surface area contributed by atoms with Crippen molar-refractivity contribution >= 4 is 55.7 Å². The fourth-order valence-electron chi connectivity index (χ4n) is 4.93. The Morgan fingerprint density at radius 3 is 1.77 bits per heavy atom. The molecule has 6 rings (SSSR count). The van der Waals surface area contributed by atoms with Gasteiger partial charge in [0.15, 0.2) is 0 Å². The summed E-state index contributed by atoms with van der Waals surface area (Å²) in [6.45, 7) is 0. The summed E-state index contributed by atoms with van der Waals surface area (Å²) in [6.07, 6.45) is 0. The Bertz CT molecular complexity index is 1620. The van der Waals surface area contributed by atoms with Crippen LogP contribution >= 0.6 is 0 Å². The summed E-state index contributed by atoms with van der Waals surface area (Å²) in [6, 6.07) is 35.2. The first-order valence-corrected chi connectivity index (χ1v) is 10.4. The van der Waals surface area contributed by atoms with Crippen molar-refractivity contribution in [3.8, 4) is 11.1 Å². The van der Waals surface area contributed by atoms with E-state index in [0.717, 1.165) is 38.1 Å². The Labute approximate surface area is 180 Å². The van der Waals surface area contributed by atoms with Gasteiger partial charge in [-0.05, 0) is 71.8 Å². The lowest BCUT2D eigenvalue weighted by atomic mass is 9.72. The molecule has 0 unspecified atom stereocenters. The third kappa shape index (κ3) is 2.75. The largest absolute Gasteiger partial charge is 0.489 e. The average molecular weight is 398 g/mol. The highest BCUT2D eigenvalue weighted by Crippen LogP contribution is 2.38. The van der Waals surface area contributed by atoms with E-state index in [4.69, 9.17) is 0 Å². The van der Waals surface area contributed by atoms with E-state index in [1.807, 2.05) is 36.4 Å². The molecule has 0 saturated heterocycles. The molecule has 0 saturated carbocycles. The molecule has 0 aliphatic rings. The maximum absolute atomic E-state index is 10.4. The van der Waals surface area contributed by atoms with Crippen LogP contribution in [-0.4, -0.2) is 17.2 Å². The molecule has 2 N–H and O–H groups in total. The second kappa shape index (κ2) is 6.95. The zero-order chi connectivity index (χ0) is 20.9. The fourth-order valence-corrected chi connectivity index (χ4v) is 4.93. The molecule has 3 heteroatoms. The van der Waals surface area contributed by atoms with Gasteiger partial charge in [-0.15, -0.1) is 0 Å². The molecule has 6 aromatic rings. The van der Waals surface area contributed by atoms with Crippen molar-refractivity contribution in [1.82, 2.24) is 0 Å². The van der Waals surface area contributed by atoms with Gasteiger partial charge < -0.3 is 10.0 Å². The lowest BCUT2D eigenvalue weighted by Crippen LogP contribution is -2.31. The number of rotatable bonds is 2. The fraction of sp³-hybridized carbons (Fsp3) is 0. The molecule has 0 fully saturated rings. The quantitative estimate of drug-likeness (QED) is 0.225. The van der Waals surface area contributed by atoms with Crippen molar-refractivity contribution in [2.75, 3.05) is 0 Å². The van der Waals surface area contributed by atoms with Gasteiger partial charge in [0.25, 0.3) is 0 Å². The molecule has 0 aliphatic heterocycles. The summed E-state index contributed by atoms with van der Waals surface area (Å²) in [7, 11) is -1.57. The van der Waals surface area contributed by atoms with Crippen LogP contribution in [0.25, 0.3) is 54.2 Å². The first kappa shape index (κ1) is 18.1. The topological polar surface area (TPSA) is 40.5 Å². The van der Waals surface area contributed by atoms with Gasteiger partial charge in [-0.1, -0.05) is 91.0 Å². The van der Waals surface area contributed by atoms with Crippen LogP contribution in [0.4, 0.5) is 0 Å². The van der Waals surface area contributed by atoms with Gasteiger partial charge in [-0.25, -0.2) is 0 Å². The molecular formula is C28H19BO2. The standard InChI is InChI=1S/C28H19BO2/c30-29(31)28-22-12-4-2-8-18(22)16-20-10-7-15-25(27(20)28)26-17-19-9-1-3-11-21(19)23-13-5-6-14-24(23)26/h1-17,30-31H. The molecular weight excluding hydrogens is 379 g/mol. The van der Waals surface area contributed by atoms with Crippen molar-refractivity contribution in [1.29, 1.82) is 0 Å². The van der Waals surface area contributed by atoms with Crippen molar-refractivity contribution in [2.45, 2.75) is 0 Å². The second-order valence-corrected chi connectivity index (χ2v) is 7.98. The summed E-state index contributed by atoms with van der Waals surface area (Å²) in [4.78, 5) is 0. The zero-order valence-electron chi connectivity index (χ0n) is 16.8. The highest BCUT2D eigenvalue weighted by atomic mass is 16.4. The summed E-state index contributed by atoms with van der Waals surface area (Å²) in [5, 5.41) is 29.3. The van der Waals surface area contributed by atoms with E-state index in [1.54, 1.807) is 0 Å². The lowest BCUT2D eigenvalue weighted by molar-refractivity contribution is 0.426. The van der Waals surface area contributed by atoms with Crippen LogP contribution in [0.3, 0.4) is 0 Å². The lowest BCUT2D eigenvalue weighted by Gasteiger charge is -2.17. The summed E-state index contributed by atoms with van der Waals surface area (Å²) in [5.41, 5.74) is 2.66. The SMILES string of the molecule is OB(O)c1c2ccccc2cc2cccc(-c3cc4ccccc4c4ccccc34)c12. The highest BCUT2D eigenvalue weighted by Gasteiger charge is 2.22. The predicted molar refractivity (Wildman–Crippen MR) is 132 cm³/mol. The van der Waals surface area contributed by atoms with Crippen LogP contribution in [0.15, 0.2) is 103 Å². The van der Waals surface area contributed by atoms with Crippen molar-refractivity contribution < 1.29 is 10.0 Å². The summed E-state index contributed by atoms with van der Waals surface area (Å²) in [5.74, 6) is 0. The smallest absolute Gasteiger partial charge is 0.423 e. The maximum atomic E-state index is 10.4. The molecule has 6 aromatic carbocycles. The molecule has 0 spiro atoms. The van der Waals surface area contributed by atoms with Gasteiger partial charge in [0.05, 0.1) is 0 Å². The van der Waals surface area contributed by atoms with Gasteiger partial charge >= 0.3 is 7.12 Å². The van der Waals surface area contributed by atoms with E-state index in [-0.39, 0.29) is 0 Å². The van der Waals surface area contributed by atoms with Gasteiger partial charge in [-0.3, -0.25) is 0 Å². The predicted octanol–water partition coefficient (Wildman–Crippen LogP) is 5.65. The molecule has 2 nitrogen and oxygen atoms in total. The van der Waals surface area contributed by atoms with Gasteiger partial charge in [0.2, 0.25) is 0 Å². The molecule has 0 aromatic heterocycles. The van der Waals surface area contributed by atoms with Gasteiger partial charge in [0, 0.05) is 0 Å². The van der Waals surface area contributed by atoms with E-state index in [9.17, 15) is 10.0 Å². The minimum absolute atomic E-state index is 0.556. The molecule has 0 atom stereocenters. The molecule has 0 radical (unpaired) electrons. The van der Waals surface area contributed by atoms with Crippen LogP contribution in [0.2, 0.25) is 0 Å². The molecule has 31 heavy (non-hydrogen) atoms. The van der Waals surface area contributed by atoms with Gasteiger partial charge in [-0.2, -0.15) is 0 Å². The van der Waals surface area contributed by atoms with E-state index in [1.165, 1.54) is 16.2 Å². The van der Waals surface area contributed by atoms with Crippen molar-refractivity contribution in [3.63, 3.8) is 0 Å². The molecule has 0 heterocycles. The van der Waals surface area contributed by atoms with E-state index in [2.05, 4.69) is 66.7 Å². The monoisotopic (exact) mass is 398 g/mol. The Hall–Kier alpha value is -3.66. The summed E-state index contributed by atoms with van der Waals surface area (Å²) >= 11 is 0. The Kier molecular flexibility index (Phi) is 4.07. The van der Waals surface area contributed by atoms with Gasteiger partial charge in [0.1, 0.15) is 0 Å². The third-order valence-corrected chi connectivity index (χ3v) is 6.24. The average Bonchev–Trinajstić information content (AvgIpc) is 2.81. The van der Waals surface area contributed by atoms with Crippen LogP contribution in [-0.2, 0) is 0 Å². The van der Waals surface area contributed by atoms with Crippen LogP contribution in [0, 0.1) is 0 Å². The first-order valence-electron chi connectivity index (χ1n) is 10.4. The van der Waals surface area contributed by atoms with E-state index >= 15 is 0 Å². The zero-order valence-corrected chi connectivity index (χ0v) is 16.8. The minimum Gasteiger partial charge on any atom is -0.423 e. The molecule has 146 valence electrons. The van der Waals surface area contributed by atoms with Crippen molar-refractivity contribution in [3.05, 3.63) is 103 Å². The number of benzene rings is 6. The van der Waals surface area contributed by atoms with Crippen LogP contribution in [0.5, 0.6) is 0 Å². The van der Waals surface area contributed by atoms with E-state index in [0.29, 0.717) is 5.46 Å². The normalized spacial score (nSPS) is 11.5. The van der Waals surface area contributed by atoms with Crippen LogP contribution < -0.4 is 5.46 Å². The first-order chi connectivity index (χ1) is 15.2. The van der Waals surface area contributed by atoms with Crippen LogP contribution in [0.1, 0.15) is 0 Å². The number of hydrogen-bond donors (Lipinski definition) is 2. The number of fused-ring (bicyclic) bond motifs is 5. The van der Waals surface area contributed by atoms with E-state index < -0.39 is 7.12 Å². The maximum Gasteiger partial charge on any atom is 0.489 e. The van der Waals surface area contributed by atoms with Crippen molar-refractivity contribution in [2.24, 2.45) is 0 Å². The second-order valence-electron chi connectivity index (χ2n) is 7.98. The third-order valence-electron chi connectivity index (χ3n) is 6.24. The molecule has 0 aliphatic carbocycles. The molecule has 0 amide bonds. The minimum atomic E-state index is -1.57. The Morgan fingerprint density at radius 2 is 1.03 bits per heavy atom. The highest BCUT2D eigenvalue weighted by molar-refractivity contribution is 6.66. The Morgan fingerprint density at radius 1 is 0.452 bits per heavy atom. The Balaban J connectivity index is 1.83.